The molecule has 0 radical (unpaired) electrons. The van der Waals surface area contributed by atoms with Crippen LogP contribution >= 0.6 is 0 Å². The highest BCUT2D eigenvalue weighted by molar-refractivity contribution is 5.76. The van der Waals surface area contributed by atoms with Crippen LogP contribution in [-0.2, 0) is 42.8 Å². The van der Waals surface area contributed by atoms with Crippen molar-refractivity contribution in [1.82, 2.24) is 10.6 Å². The largest absolute Gasteiger partial charge is 0.477 e. The number of hydrogen-bond acceptors (Lipinski definition) is 19. The lowest BCUT2D eigenvalue weighted by atomic mass is 9.88. The Balaban J connectivity index is 1.96. The van der Waals surface area contributed by atoms with Gasteiger partial charge >= 0.3 is 5.97 Å². The molecule has 0 bridgehead atoms. The molecule has 3 aliphatic rings. The van der Waals surface area contributed by atoms with Gasteiger partial charge in [-0.2, -0.15) is 0 Å². The molecule has 0 aromatic rings. The normalized spacial score (nSPS) is 40.4. The summed E-state index contributed by atoms with van der Waals surface area (Å²) in [5, 5.41) is 108. The molecule has 14 N–H and O–H groups in total. The van der Waals surface area contributed by atoms with Crippen molar-refractivity contribution >= 4 is 17.8 Å². The van der Waals surface area contributed by atoms with E-state index in [4.69, 9.17) is 34.2 Å². The van der Waals surface area contributed by atoms with Crippen LogP contribution < -0.4 is 16.4 Å². The van der Waals surface area contributed by atoms with Crippen molar-refractivity contribution in [3.63, 3.8) is 0 Å². The fourth-order valence-electron chi connectivity index (χ4n) is 5.86. The maximum atomic E-state index is 12.6. The number of carbonyl (C=O) groups excluding carboxylic acids is 2. The van der Waals surface area contributed by atoms with Gasteiger partial charge in [0.05, 0.1) is 38.6 Å². The van der Waals surface area contributed by atoms with E-state index in [1.54, 1.807) is 0 Å². The molecule has 290 valence electrons. The number of carboxylic acids is 1. The quantitative estimate of drug-likeness (QED) is 0.0655. The van der Waals surface area contributed by atoms with Gasteiger partial charge in [-0.15, -0.1) is 0 Å². The van der Waals surface area contributed by atoms with E-state index in [2.05, 4.69) is 10.6 Å². The third kappa shape index (κ3) is 9.80. The fraction of sp³-hybridized carbons (Fsp3) is 0.893. The van der Waals surface area contributed by atoms with E-state index in [1.165, 1.54) is 0 Å². The first-order chi connectivity index (χ1) is 23.5. The fourth-order valence-corrected chi connectivity index (χ4v) is 5.86. The van der Waals surface area contributed by atoms with Crippen molar-refractivity contribution in [2.24, 2.45) is 5.73 Å². The molecule has 22 heteroatoms. The molecular weight excluding hydrogens is 682 g/mol. The van der Waals surface area contributed by atoms with Gasteiger partial charge in [-0.05, 0) is 13.0 Å². The highest BCUT2D eigenvalue weighted by atomic mass is 16.8. The van der Waals surface area contributed by atoms with Gasteiger partial charge in [0.25, 0.3) is 5.79 Å². The zero-order valence-electron chi connectivity index (χ0n) is 27.3. The van der Waals surface area contributed by atoms with E-state index in [1.807, 2.05) is 0 Å². The number of aliphatic carboxylic acids is 1. The summed E-state index contributed by atoms with van der Waals surface area (Å²) in [5.41, 5.74) is 5.56. The summed E-state index contributed by atoms with van der Waals surface area (Å²) in [4.78, 5) is 36.7. The Hall–Kier alpha value is -2.23. The molecule has 3 aliphatic heterocycles. The van der Waals surface area contributed by atoms with E-state index in [0.717, 1.165) is 13.8 Å². The predicted octanol–water partition coefficient (Wildman–Crippen LogP) is -7.71. The second kappa shape index (κ2) is 18.5. The Morgan fingerprint density at radius 2 is 1.52 bits per heavy atom. The average molecular weight is 732 g/mol. The molecule has 0 aromatic carbocycles. The van der Waals surface area contributed by atoms with E-state index < -0.39 is 142 Å². The van der Waals surface area contributed by atoms with Crippen molar-refractivity contribution in [2.45, 2.75) is 124 Å². The number of hydrogen-bond donors (Lipinski definition) is 13. The Labute approximate surface area is 285 Å². The van der Waals surface area contributed by atoms with Gasteiger partial charge in [0.15, 0.2) is 12.6 Å². The maximum Gasteiger partial charge on any atom is 0.364 e. The SMILES string of the molecule is CC(=O)NC1C(O)CC(OCC2OC(OCCCN)C(NC(C)=O)C(OC3OC(CO)C(O)C(O)C3O)C2O)(C(=O)O)OC1C(O)C(O)CO. The van der Waals surface area contributed by atoms with E-state index >= 15 is 0 Å². The van der Waals surface area contributed by atoms with Crippen LogP contribution in [-0.4, -0.2) is 199 Å². The first kappa shape index (κ1) is 42.2. The summed E-state index contributed by atoms with van der Waals surface area (Å²) in [7, 11) is 0. The molecule has 16 atom stereocenters. The lowest BCUT2D eigenvalue weighted by Crippen LogP contribution is -2.69. The van der Waals surface area contributed by atoms with E-state index in [-0.39, 0.29) is 13.2 Å². The van der Waals surface area contributed by atoms with Crippen LogP contribution in [0.4, 0.5) is 0 Å². The Morgan fingerprint density at radius 3 is 2.08 bits per heavy atom. The molecule has 0 aliphatic carbocycles. The Bertz CT molecular complexity index is 1120. The third-order valence-electron chi connectivity index (χ3n) is 8.48. The van der Waals surface area contributed by atoms with Crippen LogP contribution in [0.3, 0.4) is 0 Å². The van der Waals surface area contributed by atoms with Crippen molar-refractivity contribution in [3.05, 3.63) is 0 Å². The summed E-state index contributed by atoms with van der Waals surface area (Å²) < 4.78 is 34.1. The van der Waals surface area contributed by atoms with Crippen molar-refractivity contribution in [2.75, 3.05) is 33.0 Å². The van der Waals surface area contributed by atoms with Crippen LogP contribution in [0.2, 0.25) is 0 Å². The third-order valence-corrected chi connectivity index (χ3v) is 8.48. The van der Waals surface area contributed by atoms with Gasteiger partial charge in [-0.25, -0.2) is 4.79 Å². The lowest BCUT2D eigenvalue weighted by molar-refractivity contribution is -0.354. The minimum absolute atomic E-state index is 0.0562. The number of carboxylic acid groups (broad SMARTS) is 1. The topological polar surface area (TPSA) is 359 Å². The minimum Gasteiger partial charge on any atom is -0.477 e. The van der Waals surface area contributed by atoms with Gasteiger partial charge in [0, 0.05) is 20.3 Å². The molecule has 3 saturated heterocycles. The maximum absolute atomic E-state index is 12.6. The zero-order valence-corrected chi connectivity index (χ0v) is 27.3. The summed E-state index contributed by atoms with van der Waals surface area (Å²) in [6, 6.07) is -2.85. The van der Waals surface area contributed by atoms with Gasteiger partial charge < -0.3 is 95.9 Å². The molecule has 16 unspecified atom stereocenters. The number of nitrogens with two attached hydrogens (primary N) is 1. The Kier molecular flexibility index (Phi) is 15.6. The molecular formula is C28H49N3O19. The number of rotatable bonds is 16. The monoisotopic (exact) mass is 731 g/mol. The molecule has 0 aromatic heterocycles. The number of aliphatic hydroxyl groups is 9. The van der Waals surface area contributed by atoms with Crippen LogP contribution in [0.15, 0.2) is 0 Å². The highest BCUT2D eigenvalue weighted by Crippen LogP contribution is 2.36. The van der Waals surface area contributed by atoms with E-state index in [0.29, 0.717) is 6.42 Å². The van der Waals surface area contributed by atoms with Gasteiger partial charge in [0.2, 0.25) is 11.8 Å². The van der Waals surface area contributed by atoms with Crippen LogP contribution in [0.1, 0.15) is 26.7 Å². The zero-order chi connectivity index (χ0) is 37.5. The van der Waals surface area contributed by atoms with Crippen molar-refractivity contribution in [3.8, 4) is 0 Å². The number of carbonyl (C=O) groups is 3. The van der Waals surface area contributed by atoms with Crippen molar-refractivity contribution < 1.29 is 93.9 Å². The first-order valence-electron chi connectivity index (χ1n) is 15.9. The van der Waals surface area contributed by atoms with Crippen LogP contribution in [0, 0.1) is 0 Å². The summed E-state index contributed by atoms with van der Waals surface area (Å²) in [6.45, 7) is -0.403. The number of nitrogens with one attached hydrogen (secondary N) is 2. The smallest absolute Gasteiger partial charge is 0.364 e. The second-order valence-electron chi connectivity index (χ2n) is 12.3. The number of ether oxygens (including phenoxy) is 6. The molecule has 2 amide bonds. The average Bonchev–Trinajstić information content (AvgIpc) is 3.06. The first-order valence-corrected chi connectivity index (χ1v) is 15.9. The van der Waals surface area contributed by atoms with E-state index in [9.17, 15) is 65.4 Å². The molecule has 3 heterocycles. The molecule has 3 fully saturated rings. The molecule has 3 rings (SSSR count). The second-order valence-corrected chi connectivity index (χ2v) is 12.3. The van der Waals surface area contributed by atoms with Crippen LogP contribution in [0.5, 0.6) is 0 Å². The molecule has 0 spiro atoms. The standard InChI is InChI=1S/C28H49N3O19/c1-10(34)30-16-12(36)6-28(27(43)44,50-24(16)18(38)13(37)7-32)46-9-15-20(40)23(17(31-11(2)35)25(48-15)45-5-3-4-29)49-26-22(42)21(41)19(39)14(8-33)47-26/h12-26,32-33,36-42H,3-9,29H2,1-2H3,(H,30,34)(H,31,35)(H,43,44). The number of amides is 2. The molecule has 22 nitrogen and oxygen atoms in total. The summed E-state index contributed by atoms with van der Waals surface area (Å²) in [6.07, 6.45) is -23.6. The van der Waals surface area contributed by atoms with Gasteiger partial charge in [-0.1, -0.05) is 0 Å². The van der Waals surface area contributed by atoms with Gasteiger partial charge in [0.1, 0.15) is 67.1 Å². The lowest BCUT2D eigenvalue weighted by Gasteiger charge is -2.49. The van der Waals surface area contributed by atoms with Gasteiger partial charge in [-0.3, -0.25) is 9.59 Å². The summed E-state index contributed by atoms with van der Waals surface area (Å²) >= 11 is 0. The predicted molar refractivity (Wildman–Crippen MR) is 159 cm³/mol. The minimum atomic E-state index is -2.82. The molecule has 0 saturated carbocycles. The Morgan fingerprint density at radius 1 is 0.900 bits per heavy atom. The number of aliphatic hydroxyl groups excluding tert-OH is 9. The molecule has 50 heavy (non-hydrogen) atoms. The van der Waals surface area contributed by atoms with Crippen molar-refractivity contribution in [1.29, 1.82) is 0 Å². The van der Waals surface area contributed by atoms with Crippen LogP contribution in [0.25, 0.3) is 0 Å². The summed E-state index contributed by atoms with van der Waals surface area (Å²) in [5.74, 6) is -6.04. The highest BCUT2D eigenvalue weighted by Gasteiger charge is 2.57.